The van der Waals surface area contributed by atoms with Crippen molar-refractivity contribution in [2.24, 2.45) is 0 Å². The van der Waals surface area contributed by atoms with Crippen LogP contribution in [0.25, 0.3) is 0 Å². The van der Waals surface area contributed by atoms with Crippen molar-refractivity contribution in [2.75, 3.05) is 6.61 Å². The normalized spacial score (nSPS) is 38.0. The summed E-state index contributed by atoms with van der Waals surface area (Å²) in [6.07, 6.45) is -4.42. The maximum Gasteiger partial charge on any atom is 0.132 e. The summed E-state index contributed by atoms with van der Waals surface area (Å²) in [6, 6.07) is 14.9. The fourth-order valence-corrected chi connectivity index (χ4v) is 4.57. The van der Waals surface area contributed by atoms with E-state index in [9.17, 15) is 25.5 Å². The standard InChI is InChI=1S/C22H26O6/c1-12-3-7-14(8-4-12)17-19(28-17)22(27)18(15-9-5-13(2)6-10-15)21(26,20(22)25)16(24)11-23/h3-10,16-20,23-27H,11H2,1-2H3/t16-,17?,18?,19?,20+,21+,22+/m1/s1. The zero-order chi connectivity index (χ0) is 20.3. The Morgan fingerprint density at radius 2 is 1.43 bits per heavy atom. The first-order valence-corrected chi connectivity index (χ1v) is 9.44. The molecule has 150 valence electrons. The van der Waals surface area contributed by atoms with E-state index in [1.165, 1.54) is 0 Å². The Morgan fingerprint density at radius 3 is 1.93 bits per heavy atom. The molecule has 6 heteroatoms. The van der Waals surface area contributed by atoms with E-state index in [-0.39, 0.29) is 0 Å². The molecular formula is C22H26O6. The van der Waals surface area contributed by atoms with Gasteiger partial charge in [0.05, 0.1) is 12.5 Å². The number of aliphatic hydroxyl groups excluding tert-OH is 3. The lowest BCUT2D eigenvalue weighted by Crippen LogP contribution is -2.82. The molecule has 3 unspecified atom stereocenters. The van der Waals surface area contributed by atoms with E-state index in [0.717, 1.165) is 16.7 Å². The van der Waals surface area contributed by atoms with Gasteiger partial charge in [-0.2, -0.15) is 0 Å². The molecule has 0 radical (unpaired) electrons. The van der Waals surface area contributed by atoms with Crippen LogP contribution in [0, 0.1) is 13.8 Å². The highest BCUT2D eigenvalue weighted by atomic mass is 16.6. The monoisotopic (exact) mass is 386 g/mol. The second kappa shape index (κ2) is 6.62. The van der Waals surface area contributed by atoms with Crippen LogP contribution in [0.2, 0.25) is 0 Å². The third kappa shape index (κ3) is 2.64. The minimum absolute atomic E-state index is 0.413. The molecule has 1 saturated carbocycles. The predicted molar refractivity (Wildman–Crippen MR) is 102 cm³/mol. The molecule has 28 heavy (non-hydrogen) atoms. The molecule has 5 N–H and O–H groups in total. The summed E-state index contributed by atoms with van der Waals surface area (Å²) in [5.74, 6) is -1.02. The molecule has 2 fully saturated rings. The first-order valence-electron chi connectivity index (χ1n) is 9.44. The molecule has 0 bridgehead atoms. The minimum Gasteiger partial charge on any atom is -0.394 e. The van der Waals surface area contributed by atoms with E-state index in [1.807, 2.05) is 50.2 Å². The third-order valence-electron chi connectivity index (χ3n) is 6.27. The molecule has 0 aromatic heterocycles. The molecule has 1 saturated heterocycles. The molecule has 2 aromatic carbocycles. The predicted octanol–water partition coefficient (Wildman–Crippen LogP) is 0.717. The van der Waals surface area contributed by atoms with Crippen molar-refractivity contribution >= 4 is 0 Å². The average molecular weight is 386 g/mol. The van der Waals surface area contributed by atoms with Crippen LogP contribution in [0.3, 0.4) is 0 Å². The first-order chi connectivity index (χ1) is 13.2. The highest BCUT2D eigenvalue weighted by Gasteiger charge is 2.79. The molecular weight excluding hydrogens is 360 g/mol. The van der Waals surface area contributed by atoms with Crippen molar-refractivity contribution in [1.29, 1.82) is 0 Å². The van der Waals surface area contributed by atoms with Gasteiger partial charge in [-0.25, -0.2) is 0 Å². The van der Waals surface area contributed by atoms with Crippen molar-refractivity contribution in [1.82, 2.24) is 0 Å². The first kappa shape index (κ1) is 19.5. The summed E-state index contributed by atoms with van der Waals surface area (Å²) in [6.45, 7) is 3.15. The molecule has 6 nitrogen and oxygen atoms in total. The number of hydrogen-bond donors (Lipinski definition) is 5. The van der Waals surface area contributed by atoms with Gasteiger partial charge in [0.15, 0.2) is 0 Å². The maximum absolute atomic E-state index is 11.4. The highest BCUT2D eigenvalue weighted by molar-refractivity contribution is 5.43. The second-order valence-electron chi connectivity index (χ2n) is 8.11. The van der Waals surface area contributed by atoms with Gasteiger partial charge in [0.1, 0.15) is 35.6 Å². The summed E-state index contributed by atoms with van der Waals surface area (Å²) >= 11 is 0. The van der Waals surface area contributed by atoms with Crippen molar-refractivity contribution in [3.63, 3.8) is 0 Å². The van der Waals surface area contributed by atoms with Gasteiger partial charge in [-0.3, -0.25) is 0 Å². The molecule has 0 amide bonds. The van der Waals surface area contributed by atoms with Crippen molar-refractivity contribution in [3.8, 4) is 0 Å². The number of benzene rings is 2. The SMILES string of the molecule is Cc1ccc(C2OC2[C@@]2(O)C(c3ccc(C)cc3)[C@@](O)([C@H](O)CO)[C@@H]2O)cc1. The van der Waals surface area contributed by atoms with Crippen LogP contribution in [-0.4, -0.2) is 61.7 Å². The van der Waals surface area contributed by atoms with Crippen LogP contribution in [0.4, 0.5) is 0 Å². The van der Waals surface area contributed by atoms with Gasteiger partial charge in [0.2, 0.25) is 0 Å². The van der Waals surface area contributed by atoms with Crippen molar-refractivity contribution < 1.29 is 30.3 Å². The van der Waals surface area contributed by atoms with Gasteiger partial charge < -0.3 is 30.3 Å². The van der Waals surface area contributed by atoms with Crippen LogP contribution in [0.5, 0.6) is 0 Å². The van der Waals surface area contributed by atoms with E-state index in [4.69, 9.17) is 4.74 Å². The Balaban J connectivity index is 1.70. The van der Waals surface area contributed by atoms with E-state index < -0.39 is 48.1 Å². The Kier molecular flexibility index (Phi) is 4.62. The molecule has 2 aliphatic rings. The average Bonchev–Trinajstić information content (AvgIpc) is 3.50. The van der Waals surface area contributed by atoms with Gasteiger partial charge in [-0.15, -0.1) is 0 Å². The van der Waals surface area contributed by atoms with Gasteiger partial charge in [0, 0.05) is 0 Å². The lowest BCUT2D eigenvalue weighted by molar-refractivity contribution is -0.324. The number of aliphatic hydroxyl groups is 5. The Hall–Kier alpha value is -1.80. The molecule has 0 spiro atoms. The highest BCUT2D eigenvalue weighted by Crippen LogP contribution is 2.63. The number of aryl methyl sites for hydroxylation is 2. The summed E-state index contributed by atoms with van der Waals surface area (Å²) in [7, 11) is 0. The Morgan fingerprint density at radius 1 is 0.929 bits per heavy atom. The molecule has 1 heterocycles. The van der Waals surface area contributed by atoms with E-state index >= 15 is 0 Å². The van der Waals surface area contributed by atoms with Gasteiger partial charge in [0.25, 0.3) is 0 Å². The molecule has 2 aromatic rings. The van der Waals surface area contributed by atoms with Crippen LogP contribution in [0.1, 0.15) is 34.3 Å². The lowest BCUT2D eigenvalue weighted by Gasteiger charge is -2.62. The fraction of sp³-hybridized carbons (Fsp3) is 0.455. The minimum atomic E-state index is -2.08. The molecule has 4 rings (SSSR count). The van der Waals surface area contributed by atoms with Crippen molar-refractivity contribution in [3.05, 3.63) is 70.8 Å². The fourth-order valence-electron chi connectivity index (χ4n) is 4.57. The summed E-state index contributed by atoms with van der Waals surface area (Å²) in [5, 5.41) is 52.9. The zero-order valence-electron chi connectivity index (χ0n) is 15.9. The summed E-state index contributed by atoms with van der Waals surface area (Å²) < 4.78 is 5.74. The quantitative estimate of drug-likeness (QED) is 0.484. The molecule has 7 atom stereocenters. The van der Waals surface area contributed by atoms with Crippen molar-refractivity contribution in [2.45, 2.75) is 55.4 Å². The topological polar surface area (TPSA) is 114 Å². The van der Waals surface area contributed by atoms with Gasteiger partial charge in [-0.1, -0.05) is 59.7 Å². The van der Waals surface area contributed by atoms with Gasteiger partial charge in [-0.05, 0) is 25.0 Å². The van der Waals surface area contributed by atoms with E-state index in [0.29, 0.717) is 5.56 Å². The molecule has 1 aliphatic heterocycles. The van der Waals surface area contributed by atoms with Crippen LogP contribution < -0.4 is 0 Å². The number of hydrogen-bond acceptors (Lipinski definition) is 6. The van der Waals surface area contributed by atoms with E-state index in [1.54, 1.807) is 12.1 Å². The lowest BCUT2D eigenvalue weighted by atomic mass is 9.50. The summed E-state index contributed by atoms with van der Waals surface area (Å²) in [5.41, 5.74) is -0.346. The molecule has 1 aliphatic carbocycles. The largest absolute Gasteiger partial charge is 0.394 e. The maximum atomic E-state index is 11.4. The number of ether oxygens (including phenoxy) is 1. The van der Waals surface area contributed by atoms with Crippen LogP contribution in [0.15, 0.2) is 48.5 Å². The second-order valence-corrected chi connectivity index (χ2v) is 8.11. The number of rotatable bonds is 5. The Labute approximate surface area is 163 Å². The number of epoxide rings is 1. The third-order valence-corrected chi connectivity index (χ3v) is 6.27. The van der Waals surface area contributed by atoms with Gasteiger partial charge >= 0.3 is 0 Å². The smallest absolute Gasteiger partial charge is 0.132 e. The zero-order valence-corrected chi connectivity index (χ0v) is 15.9. The Bertz CT molecular complexity index is 850. The summed E-state index contributed by atoms with van der Waals surface area (Å²) in [4.78, 5) is 0. The van der Waals surface area contributed by atoms with Crippen LogP contribution >= 0.6 is 0 Å². The van der Waals surface area contributed by atoms with E-state index in [2.05, 4.69) is 0 Å². The van der Waals surface area contributed by atoms with Crippen LogP contribution in [-0.2, 0) is 4.74 Å².